The molecule has 1 amide bonds. The third-order valence-corrected chi connectivity index (χ3v) is 7.71. The molecule has 9 heteroatoms. The minimum Gasteiger partial charge on any atom is -0.349 e. The third-order valence-electron chi connectivity index (χ3n) is 7.51. The van der Waals surface area contributed by atoms with Crippen LogP contribution >= 0.6 is 11.6 Å². The van der Waals surface area contributed by atoms with Crippen LogP contribution in [0.5, 0.6) is 0 Å². The number of fused-ring (bicyclic) bond motifs is 2. The number of aromatic nitrogens is 5. The lowest BCUT2D eigenvalue weighted by Crippen LogP contribution is -2.39. The molecular weight excluding hydrogens is 500 g/mol. The van der Waals surface area contributed by atoms with E-state index in [1.54, 1.807) is 23.0 Å². The van der Waals surface area contributed by atoms with Gasteiger partial charge >= 0.3 is 5.69 Å². The topological polar surface area (TPSA) is 94.7 Å². The second-order valence-corrected chi connectivity index (χ2v) is 10.4. The molecule has 0 radical (unpaired) electrons. The summed E-state index contributed by atoms with van der Waals surface area (Å²) < 4.78 is 3.66. The number of nitrogens with one attached hydrogen (secondary N) is 1. The number of rotatable bonds is 5. The summed E-state index contributed by atoms with van der Waals surface area (Å²) >= 11 is 6.04. The van der Waals surface area contributed by atoms with Crippen molar-refractivity contribution in [3.05, 3.63) is 94.0 Å². The fraction of sp³-hybridized carbons (Fsp3) is 0.276. The van der Waals surface area contributed by atoms with E-state index in [0.717, 1.165) is 53.3 Å². The summed E-state index contributed by atoms with van der Waals surface area (Å²) in [6, 6.07) is 15.5. The van der Waals surface area contributed by atoms with Crippen molar-refractivity contribution in [1.82, 2.24) is 29.4 Å². The normalized spacial score (nSPS) is 17.6. The molecule has 38 heavy (non-hydrogen) atoms. The standard InChI is InChI=1S/C29H27ClN6O2/c1-18-24(12-21(30)15-32-18)28(37)34-22-9-6-19(7-10-22)16-35-26-4-2-3-5-27(26)36(29(35)38)23-11-8-20-14-31-17-33-25(20)13-23/h2-5,8,11-15,17,19,22H,6-7,9-10,16H2,1H3,(H,34,37). The zero-order chi connectivity index (χ0) is 26.2. The Labute approximate surface area is 224 Å². The lowest BCUT2D eigenvalue weighted by Gasteiger charge is -2.29. The van der Waals surface area contributed by atoms with Crippen molar-refractivity contribution >= 4 is 39.4 Å². The number of halogens is 1. The Balaban J connectivity index is 1.21. The van der Waals surface area contributed by atoms with Crippen molar-refractivity contribution in [1.29, 1.82) is 0 Å². The first kappa shape index (κ1) is 24.3. The van der Waals surface area contributed by atoms with E-state index >= 15 is 0 Å². The smallest absolute Gasteiger partial charge is 0.333 e. The molecule has 3 heterocycles. The lowest BCUT2D eigenvalue weighted by molar-refractivity contribution is 0.0919. The number of aryl methyl sites for hydroxylation is 1. The number of hydrogen-bond donors (Lipinski definition) is 1. The summed E-state index contributed by atoms with van der Waals surface area (Å²) in [5.41, 5.74) is 4.49. The van der Waals surface area contributed by atoms with Crippen molar-refractivity contribution < 1.29 is 4.79 Å². The third kappa shape index (κ3) is 4.56. The Morgan fingerprint density at radius 1 is 1.03 bits per heavy atom. The molecule has 6 rings (SSSR count). The lowest BCUT2D eigenvalue weighted by atomic mass is 9.85. The number of amides is 1. The molecule has 3 aromatic heterocycles. The number of benzene rings is 2. The molecule has 8 nitrogen and oxygen atoms in total. The van der Waals surface area contributed by atoms with Gasteiger partial charge in [-0.3, -0.25) is 18.9 Å². The summed E-state index contributed by atoms with van der Waals surface area (Å²) in [5, 5.41) is 4.53. The highest BCUT2D eigenvalue weighted by molar-refractivity contribution is 6.30. The number of carbonyl (C=O) groups is 1. The highest BCUT2D eigenvalue weighted by atomic mass is 35.5. The van der Waals surface area contributed by atoms with Gasteiger partial charge in [0.15, 0.2) is 0 Å². The molecule has 0 unspecified atom stereocenters. The SMILES string of the molecule is Cc1ncc(Cl)cc1C(=O)NC1CCC(Cn2c(=O)n(-c3ccc4cncnc4c3)c3ccccc32)CC1. The van der Waals surface area contributed by atoms with Gasteiger partial charge in [0.05, 0.1) is 38.5 Å². The average molecular weight is 527 g/mol. The van der Waals surface area contributed by atoms with E-state index in [4.69, 9.17) is 11.6 Å². The van der Waals surface area contributed by atoms with Gasteiger partial charge in [0.25, 0.3) is 5.91 Å². The second kappa shape index (κ2) is 10.0. The second-order valence-electron chi connectivity index (χ2n) is 9.96. The first-order chi connectivity index (χ1) is 18.5. The summed E-state index contributed by atoms with van der Waals surface area (Å²) in [5.74, 6) is 0.208. The van der Waals surface area contributed by atoms with Crippen LogP contribution in [0.4, 0.5) is 0 Å². The number of imidazole rings is 1. The van der Waals surface area contributed by atoms with E-state index in [-0.39, 0.29) is 17.6 Å². The predicted octanol–water partition coefficient (Wildman–Crippen LogP) is 5.08. The molecule has 1 fully saturated rings. The zero-order valence-corrected chi connectivity index (χ0v) is 21.7. The first-order valence-corrected chi connectivity index (χ1v) is 13.2. The van der Waals surface area contributed by atoms with Crippen LogP contribution in [0.3, 0.4) is 0 Å². The van der Waals surface area contributed by atoms with Crippen LogP contribution < -0.4 is 11.0 Å². The monoisotopic (exact) mass is 526 g/mol. The maximum absolute atomic E-state index is 13.7. The van der Waals surface area contributed by atoms with Crippen molar-refractivity contribution in [3.63, 3.8) is 0 Å². The number of nitrogens with zero attached hydrogens (tertiary/aromatic N) is 5. The Hall–Kier alpha value is -4.04. The van der Waals surface area contributed by atoms with Crippen LogP contribution in [0.15, 0.2) is 72.0 Å². The number of pyridine rings is 1. The Morgan fingerprint density at radius 2 is 1.82 bits per heavy atom. The molecule has 1 aliphatic carbocycles. The Kier molecular flexibility index (Phi) is 6.41. The highest BCUT2D eigenvalue weighted by Crippen LogP contribution is 2.28. The Bertz CT molecular complexity index is 1720. The molecule has 0 spiro atoms. The first-order valence-electron chi connectivity index (χ1n) is 12.8. The van der Waals surface area contributed by atoms with Gasteiger partial charge in [0, 0.05) is 30.4 Å². The van der Waals surface area contributed by atoms with E-state index in [1.165, 1.54) is 6.33 Å². The molecule has 2 aromatic carbocycles. The van der Waals surface area contributed by atoms with Crippen LogP contribution in [0, 0.1) is 12.8 Å². The van der Waals surface area contributed by atoms with Crippen LogP contribution in [-0.4, -0.2) is 36.0 Å². The molecule has 0 aliphatic heterocycles. The minimum atomic E-state index is -0.138. The molecule has 0 saturated heterocycles. The largest absolute Gasteiger partial charge is 0.349 e. The molecule has 5 aromatic rings. The summed E-state index contributed by atoms with van der Waals surface area (Å²) in [7, 11) is 0. The van der Waals surface area contributed by atoms with Crippen molar-refractivity contribution in [2.45, 2.75) is 45.2 Å². The zero-order valence-electron chi connectivity index (χ0n) is 21.0. The van der Waals surface area contributed by atoms with Gasteiger partial charge in [-0.2, -0.15) is 0 Å². The molecule has 192 valence electrons. The van der Waals surface area contributed by atoms with Gasteiger partial charge < -0.3 is 5.32 Å². The van der Waals surface area contributed by atoms with Crippen LogP contribution in [-0.2, 0) is 6.54 Å². The maximum Gasteiger partial charge on any atom is 0.333 e. The summed E-state index contributed by atoms with van der Waals surface area (Å²) in [4.78, 5) is 39.2. The van der Waals surface area contributed by atoms with Crippen LogP contribution in [0.25, 0.3) is 27.6 Å². The quantitative estimate of drug-likeness (QED) is 0.344. The van der Waals surface area contributed by atoms with Gasteiger partial charge in [0.1, 0.15) is 6.33 Å². The fourth-order valence-electron chi connectivity index (χ4n) is 5.48. The van der Waals surface area contributed by atoms with Gasteiger partial charge in [-0.15, -0.1) is 0 Å². The maximum atomic E-state index is 13.7. The summed E-state index contributed by atoms with van der Waals surface area (Å²) in [6.45, 7) is 2.45. The van der Waals surface area contributed by atoms with Crippen LogP contribution in [0.1, 0.15) is 41.7 Å². The van der Waals surface area contributed by atoms with Gasteiger partial charge in [-0.25, -0.2) is 14.8 Å². The van der Waals surface area contributed by atoms with E-state index < -0.39 is 0 Å². The van der Waals surface area contributed by atoms with E-state index in [9.17, 15) is 9.59 Å². The number of para-hydroxylation sites is 2. The van der Waals surface area contributed by atoms with Crippen molar-refractivity contribution in [3.8, 4) is 5.69 Å². The number of hydrogen-bond acceptors (Lipinski definition) is 5. The van der Waals surface area contributed by atoms with E-state index in [2.05, 4.69) is 20.3 Å². The van der Waals surface area contributed by atoms with Crippen LogP contribution in [0.2, 0.25) is 5.02 Å². The molecule has 1 aliphatic rings. The highest BCUT2D eigenvalue weighted by Gasteiger charge is 2.25. The van der Waals surface area contributed by atoms with E-state index in [0.29, 0.717) is 28.7 Å². The Morgan fingerprint density at radius 3 is 2.63 bits per heavy atom. The van der Waals surface area contributed by atoms with Gasteiger partial charge in [-0.1, -0.05) is 23.7 Å². The predicted molar refractivity (Wildman–Crippen MR) is 148 cm³/mol. The van der Waals surface area contributed by atoms with Crippen molar-refractivity contribution in [2.24, 2.45) is 5.92 Å². The molecule has 0 atom stereocenters. The molecular formula is C29H27ClN6O2. The molecule has 1 N–H and O–H groups in total. The summed E-state index contributed by atoms with van der Waals surface area (Å²) in [6.07, 6.45) is 8.41. The number of carbonyl (C=O) groups excluding carboxylic acids is 1. The molecule has 1 saturated carbocycles. The van der Waals surface area contributed by atoms with Crippen molar-refractivity contribution in [2.75, 3.05) is 0 Å². The van der Waals surface area contributed by atoms with Gasteiger partial charge in [-0.05, 0) is 74.9 Å². The average Bonchev–Trinajstić information content (AvgIpc) is 3.21. The fourth-order valence-corrected chi connectivity index (χ4v) is 5.64. The van der Waals surface area contributed by atoms with E-state index in [1.807, 2.05) is 54.0 Å². The van der Waals surface area contributed by atoms with Gasteiger partial charge in [0.2, 0.25) is 0 Å². The minimum absolute atomic E-state index is 0.0565. The molecule has 0 bridgehead atoms.